The maximum Gasteiger partial charge on any atom is 0.251 e. The Kier molecular flexibility index (Phi) is 7.63. The minimum atomic E-state index is -0.0996. The molecule has 0 aliphatic carbocycles. The number of hydrogen-bond acceptors (Lipinski definition) is 3. The van der Waals surface area contributed by atoms with Crippen LogP contribution in [0, 0.1) is 0 Å². The Morgan fingerprint density at radius 2 is 1.81 bits per heavy atom. The summed E-state index contributed by atoms with van der Waals surface area (Å²) in [5, 5.41) is 3.02. The molecule has 0 atom stereocenters. The molecular formula is C21H29N2O3+. The van der Waals surface area contributed by atoms with Gasteiger partial charge in [-0.2, -0.15) is 0 Å². The van der Waals surface area contributed by atoms with Gasteiger partial charge in [0, 0.05) is 29.8 Å². The fourth-order valence-electron chi connectivity index (χ4n) is 2.81. The van der Waals surface area contributed by atoms with Crippen molar-refractivity contribution < 1.29 is 19.2 Å². The highest BCUT2D eigenvalue weighted by atomic mass is 16.5. The predicted octanol–water partition coefficient (Wildman–Crippen LogP) is 1.81. The lowest BCUT2D eigenvalue weighted by molar-refractivity contribution is -0.872. The molecule has 0 bridgehead atoms. The summed E-state index contributed by atoms with van der Waals surface area (Å²) in [5.41, 5.74) is 3.87. The normalized spacial score (nSPS) is 10.8. The molecule has 2 aromatic rings. The number of carbonyl (C=O) groups is 1. The standard InChI is InChI=1S/C21H28N2O3/c1-5-26-15-19-12-16(10-11-20(19)25-4)21(24)22-13-17-8-6-7-9-18(17)14-23(2)3/h6-12H,5,13-15H2,1-4H3,(H,22,24)/p+1. The third-order valence-electron chi connectivity index (χ3n) is 4.11. The molecule has 0 saturated carbocycles. The van der Waals surface area contributed by atoms with Crippen LogP contribution in [-0.2, 0) is 24.4 Å². The van der Waals surface area contributed by atoms with E-state index in [1.165, 1.54) is 10.5 Å². The van der Waals surface area contributed by atoms with Crippen LogP contribution in [-0.4, -0.2) is 33.7 Å². The summed E-state index contributed by atoms with van der Waals surface area (Å²) in [7, 11) is 5.85. The third-order valence-corrected chi connectivity index (χ3v) is 4.11. The van der Waals surface area contributed by atoms with Crippen LogP contribution in [0.5, 0.6) is 5.75 Å². The van der Waals surface area contributed by atoms with Crippen molar-refractivity contribution in [3.8, 4) is 5.75 Å². The Morgan fingerprint density at radius 3 is 2.46 bits per heavy atom. The fourth-order valence-corrected chi connectivity index (χ4v) is 2.81. The Balaban J connectivity index is 2.08. The number of carbonyl (C=O) groups excluding carboxylic acids is 1. The van der Waals surface area contributed by atoms with Crippen molar-refractivity contribution in [3.05, 3.63) is 64.7 Å². The van der Waals surface area contributed by atoms with Crippen LogP contribution < -0.4 is 15.0 Å². The molecule has 0 saturated heterocycles. The van der Waals surface area contributed by atoms with E-state index in [0.29, 0.717) is 25.3 Å². The molecule has 0 aromatic heterocycles. The Labute approximate surface area is 155 Å². The SMILES string of the molecule is CCOCc1cc(C(=O)NCc2ccccc2C[NH+](C)C)ccc1OC. The van der Waals surface area contributed by atoms with Gasteiger partial charge in [0.25, 0.3) is 5.91 Å². The lowest BCUT2D eigenvalue weighted by Crippen LogP contribution is -3.04. The number of rotatable bonds is 9. The zero-order chi connectivity index (χ0) is 18.9. The van der Waals surface area contributed by atoms with Gasteiger partial charge in [-0.1, -0.05) is 24.3 Å². The van der Waals surface area contributed by atoms with Crippen molar-refractivity contribution in [3.63, 3.8) is 0 Å². The number of benzene rings is 2. The van der Waals surface area contributed by atoms with E-state index in [2.05, 4.69) is 31.5 Å². The number of nitrogens with one attached hydrogen (secondary N) is 2. The average Bonchev–Trinajstić information content (AvgIpc) is 2.64. The van der Waals surface area contributed by atoms with Gasteiger partial charge in [0.2, 0.25) is 0 Å². The molecule has 0 radical (unpaired) electrons. The number of methoxy groups -OCH3 is 1. The molecule has 2 aromatic carbocycles. The molecular weight excluding hydrogens is 328 g/mol. The van der Waals surface area contributed by atoms with Crippen LogP contribution in [0.25, 0.3) is 0 Å². The second kappa shape index (κ2) is 9.94. The minimum Gasteiger partial charge on any atom is -0.496 e. The van der Waals surface area contributed by atoms with Gasteiger partial charge in [0.1, 0.15) is 12.3 Å². The fraction of sp³-hybridized carbons (Fsp3) is 0.381. The zero-order valence-electron chi connectivity index (χ0n) is 16.1. The van der Waals surface area contributed by atoms with E-state index >= 15 is 0 Å². The molecule has 0 heterocycles. The monoisotopic (exact) mass is 357 g/mol. The predicted molar refractivity (Wildman–Crippen MR) is 102 cm³/mol. The van der Waals surface area contributed by atoms with Crippen molar-refractivity contribution in [2.75, 3.05) is 27.8 Å². The van der Waals surface area contributed by atoms with E-state index in [0.717, 1.165) is 23.4 Å². The van der Waals surface area contributed by atoms with Crippen molar-refractivity contribution in [2.45, 2.75) is 26.6 Å². The van der Waals surface area contributed by atoms with E-state index in [1.807, 2.05) is 31.2 Å². The molecule has 0 aliphatic rings. The summed E-state index contributed by atoms with van der Waals surface area (Å²) in [5.74, 6) is 0.631. The second-order valence-corrected chi connectivity index (χ2v) is 6.50. The van der Waals surface area contributed by atoms with Crippen LogP contribution in [0.1, 0.15) is 34.0 Å². The van der Waals surface area contributed by atoms with E-state index in [1.54, 1.807) is 13.2 Å². The first-order valence-corrected chi connectivity index (χ1v) is 8.93. The summed E-state index contributed by atoms with van der Waals surface area (Å²) in [6.07, 6.45) is 0. The van der Waals surface area contributed by atoms with Crippen LogP contribution in [0.2, 0.25) is 0 Å². The average molecular weight is 357 g/mol. The van der Waals surface area contributed by atoms with Crippen molar-refractivity contribution in [1.29, 1.82) is 0 Å². The summed E-state index contributed by atoms with van der Waals surface area (Å²) in [4.78, 5) is 13.9. The Morgan fingerprint density at radius 1 is 1.08 bits per heavy atom. The number of amides is 1. The molecule has 1 amide bonds. The van der Waals surface area contributed by atoms with E-state index in [9.17, 15) is 4.79 Å². The first-order valence-electron chi connectivity index (χ1n) is 8.93. The Hall–Kier alpha value is -2.37. The number of hydrogen-bond donors (Lipinski definition) is 2. The van der Waals surface area contributed by atoms with Gasteiger partial charge in [-0.15, -0.1) is 0 Å². The van der Waals surface area contributed by atoms with Crippen LogP contribution in [0.15, 0.2) is 42.5 Å². The molecule has 5 nitrogen and oxygen atoms in total. The quantitative estimate of drug-likeness (QED) is 0.720. The van der Waals surface area contributed by atoms with E-state index in [4.69, 9.17) is 9.47 Å². The van der Waals surface area contributed by atoms with Gasteiger partial charge >= 0.3 is 0 Å². The summed E-state index contributed by atoms with van der Waals surface area (Å²) in [6.45, 7) is 4.41. The largest absolute Gasteiger partial charge is 0.496 e. The maximum absolute atomic E-state index is 12.6. The zero-order valence-corrected chi connectivity index (χ0v) is 16.1. The van der Waals surface area contributed by atoms with Crippen molar-refractivity contribution in [2.24, 2.45) is 0 Å². The van der Waals surface area contributed by atoms with Gasteiger partial charge in [0.05, 0.1) is 27.8 Å². The highest BCUT2D eigenvalue weighted by Crippen LogP contribution is 2.21. The van der Waals surface area contributed by atoms with Crippen LogP contribution >= 0.6 is 0 Å². The lowest BCUT2D eigenvalue weighted by atomic mass is 10.1. The summed E-state index contributed by atoms with van der Waals surface area (Å²) in [6, 6.07) is 13.6. The first kappa shape index (κ1) is 19.9. The highest BCUT2D eigenvalue weighted by molar-refractivity contribution is 5.94. The third kappa shape index (κ3) is 5.58. The topological polar surface area (TPSA) is 52.0 Å². The van der Waals surface area contributed by atoms with Gasteiger partial charge in [-0.25, -0.2) is 0 Å². The lowest BCUT2D eigenvalue weighted by Gasteiger charge is -2.14. The molecule has 26 heavy (non-hydrogen) atoms. The van der Waals surface area contributed by atoms with Crippen molar-refractivity contribution in [1.82, 2.24) is 5.32 Å². The summed E-state index contributed by atoms with van der Waals surface area (Å²) < 4.78 is 10.8. The van der Waals surface area contributed by atoms with Gasteiger partial charge in [0.15, 0.2) is 0 Å². The molecule has 0 unspecified atom stereocenters. The minimum absolute atomic E-state index is 0.0996. The maximum atomic E-state index is 12.6. The van der Waals surface area contributed by atoms with Gasteiger partial charge in [-0.3, -0.25) is 4.79 Å². The second-order valence-electron chi connectivity index (χ2n) is 6.50. The molecule has 140 valence electrons. The molecule has 2 N–H and O–H groups in total. The van der Waals surface area contributed by atoms with E-state index < -0.39 is 0 Å². The smallest absolute Gasteiger partial charge is 0.251 e. The molecule has 2 rings (SSSR count). The van der Waals surface area contributed by atoms with Crippen LogP contribution in [0.3, 0.4) is 0 Å². The van der Waals surface area contributed by atoms with E-state index in [-0.39, 0.29) is 5.91 Å². The number of ether oxygens (including phenoxy) is 2. The Bertz CT molecular complexity index is 729. The first-order chi connectivity index (χ1) is 12.5. The van der Waals surface area contributed by atoms with Crippen LogP contribution in [0.4, 0.5) is 0 Å². The molecule has 0 aliphatic heterocycles. The molecule has 5 heteroatoms. The molecule has 0 spiro atoms. The van der Waals surface area contributed by atoms with Crippen molar-refractivity contribution >= 4 is 5.91 Å². The molecule has 0 fully saturated rings. The summed E-state index contributed by atoms with van der Waals surface area (Å²) >= 11 is 0. The number of quaternary nitrogens is 1. The highest BCUT2D eigenvalue weighted by Gasteiger charge is 2.12. The van der Waals surface area contributed by atoms with Gasteiger partial charge in [-0.05, 0) is 30.7 Å². The van der Waals surface area contributed by atoms with Gasteiger partial charge < -0.3 is 19.7 Å².